The molecular formula is C13H14Cl2N4O. The largest absolute Gasteiger partial charge is 0.378 e. The Morgan fingerprint density at radius 3 is 2.65 bits per heavy atom. The van der Waals surface area contributed by atoms with E-state index in [1.807, 2.05) is 12.1 Å². The molecule has 1 aromatic heterocycles. The molecule has 106 valence electrons. The molecule has 2 rings (SSSR count). The van der Waals surface area contributed by atoms with Crippen molar-refractivity contribution in [3.8, 4) is 0 Å². The quantitative estimate of drug-likeness (QED) is 0.892. The van der Waals surface area contributed by atoms with Crippen LogP contribution in [0.1, 0.15) is 5.56 Å². The van der Waals surface area contributed by atoms with Crippen molar-refractivity contribution in [1.82, 2.24) is 15.1 Å². The number of nitrogens with zero attached hydrogens (tertiary/aromatic N) is 2. The number of likely N-dealkylation sites (N-methyl/N-ethyl adjacent to an activating group) is 1. The highest BCUT2D eigenvalue weighted by molar-refractivity contribution is 6.34. The van der Waals surface area contributed by atoms with Gasteiger partial charge in [-0.3, -0.25) is 9.48 Å². The number of carbonyl (C=O) groups excluding carboxylic acids is 1. The summed E-state index contributed by atoms with van der Waals surface area (Å²) in [7, 11) is 1.59. The molecule has 0 atom stereocenters. The third kappa shape index (κ3) is 4.15. The van der Waals surface area contributed by atoms with Gasteiger partial charge in [0.15, 0.2) is 0 Å². The van der Waals surface area contributed by atoms with Crippen LogP contribution < -0.4 is 10.6 Å². The fraction of sp³-hybridized carbons (Fsp3) is 0.231. The van der Waals surface area contributed by atoms with Crippen LogP contribution >= 0.6 is 23.2 Å². The van der Waals surface area contributed by atoms with Crippen LogP contribution in [0.3, 0.4) is 0 Å². The summed E-state index contributed by atoms with van der Waals surface area (Å²) >= 11 is 11.9. The predicted octanol–water partition coefficient (Wildman–Crippen LogP) is 2.55. The van der Waals surface area contributed by atoms with Crippen molar-refractivity contribution in [1.29, 1.82) is 0 Å². The number of amides is 1. The number of carbonyl (C=O) groups is 1. The topological polar surface area (TPSA) is 59.0 Å². The lowest BCUT2D eigenvalue weighted by Gasteiger charge is -2.05. The Morgan fingerprint density at radius 1 is 1.30 bits per heavy atom. The first-order valence-electron chi connectivity index (χ1n) is 5.98. The molecule has 0 aliphatic rings. The van der Waals surface area contributed by atoms with Crippen LogP contribution in [0.25, 0.3) is 0 Å². The van der Waals surface area contributed by atoms with Crippen LogP contribution in [-0.4, -0.2) is 22.7 Å². The second-order valence-corrected chi connectivity index (χ2v) is 5.10. The first-order chi connectivity index (χ1) is 9.56. The van der Waals surface area contributed by atoms with E-state index in [2.05, 4.69) is 15.7 Å². The summed E-state index contributed by atoms with van der Waals surface area (Å²) in [6.45, 7) is 0.771. The van der Waals surface area contributed by atoms with Gasteiger partial charge in [0.1, 0.15) is 6.54 Å². The molecule has 0 spiro atoms. The van der Waals surface area contributed by atoms with Gasteiger partial charge < -0.3 is 10.6 Å². The van der Waals surface area contributed by atoms with E-state index in [4.69, 9.17) is 23.2 Å². The molecule has 5 nitrogen and oxygen atoms in total. The maximum absolute atomic E-state index is 11.2. The van der Waals surface area contributed by atoms with E-state index in [1.165, 1.54) is 0 Å². The molecule has 0 bridgehead atoms. The maximum Gasteiger partial charge on any atom is 0.241 e. The normalized spacial score (nSPS) is 10.3. The van der Waals surface area contributed by atoms with Crippen LogP contribution in [0.5, 0.6) is 0 Å². The zero-order chi connectivity index (χ0) is 14.5. The predicted molar refractivity (Wildman–Crippen MR) is 80.1 cm³/mol. The molecule has 2 N–H and O–H groups in total. The molecule has 0 radical (unpaired) electrons. The van der Waals surface area contributed by atoms with Gasteiger partial charge in [0.05, 0.1) is 11.9 Å². The average molecular weight is 313 g/mol. The fourth-order valence-electron chi connectivity index (χ4n) is 1.68. The van der Waals surface area contributed by atoms with Gasteiger partial charge in [-0.25, -0.2) is 0 Å². The zero-order valence-electron chi connectivity index (χ0n) is 10.9. The van der Waals surface area contributed by atoms with Crippen LogP contribution in [0.15, 0.2) is 30.6 Å². The summed E-state index contributed by atoms with van der Waals surface area (Å²) in [5.74, 6) is -0.0960. The molecule has 0 saturated carbocycles. The van der Waals surface area contributed by atoms with E-state index in [0.29, 0.717) is 16.6 Å². The smallest absolute Gasteiger partial charge is 0.241 e. The molecule has 20 heavy (non-hydrogen) atoms. The molecule has 1 aromatic carbocycles. The van der Waals surface area contributed by atoms with E-state index >= 15 is 0 Å². The SMILES string of the molecule is CNC(=O)Cn1cc(NCc2cc(Cl)cc(Cl)c2)cn1. The Bertz CT molecular complexity index is 592. The van der Waals surface area contributed by atoms with E-state index in [9.17, 15) is 4.79 Å². The van der Waals surface area contributed by atoms with Crippen molar-refractivity contribution < 1.29 is 4.79 Å². The first-order valence-corrected chi connectivity index (χ1v) is 6.74. The number of aromatic nitrogens is 2. The van der Waals surface area contributed by atoms with E-state index in [0.717, 1.165) is 11.3 Å². The van der Waals surface area contributed by atoms with Crippen molar-refractivity contribution in [3.05, 3.63) is 46.2 Å². The van der Waals surface area contributed by atoms with Gasteiger partial charge in [0, 0.05) is 29.8 Å². The Morgan fingerprint density at radius 2 is 2.00 bits per heavy atom. The lowest BCUT2D eigenvalue weighted by atomic mass is 10.2. The molecule has 0 fully saturated rings. The Labute approximate surface area is 126 Å². The summed E-state index contributed by atoms with van der Waals surface area (Å²) in [4.78, 5) is 11.2. The minimum atomic E-state index is -0.0960. The Hall–Kier alpha value is -1.72. The second kappa shape index (κ2) is 6.63. The van der Waals surface area contributed by atoms with Gasteiger partial charge in [-0.05, 0) is 23.8 Å². The summed E-state index contributed by atoms with van der Waals surface area (Å²) in [6, 6.07) is 5.37. The van der Waals surface area contributed by atoms with E-state index in [-0.39, 0.29) is 12.5 Å². The summed E-state index contributed by atoms with van der Waals surface area (Å²) in [5.41, 5.74) is 1.80. The lowest BCUT2D eigenvalue weighted by Crippen LogP contribution is -2.23. The standard InChI is InChI=1S/C13H14Cl2N4O/c1-16-13(20)8-19-7-12(6-18-19)17-5-9-2-10(14)4-11(15)3-9/h2-4,6-7,17H,5,8H2,1H3,(H,16,20). The third-order valence-electron chi connectivity index (χ3n) is 2.64. The second-order valence-electron chi connectivity index (χ2n) is 4.23. The van der Waals surface area contributed by atoms with Gasteiger partial charge in [0.2, 0.25) is 5.91 Å². The molecule has 7 heteroatoms. The molecular weight excluding hydrogens is 299 g/mol. The van der Waals surface area contributed by atoms with E-state index in [1.54, 1.807) is 30.2 Å². The van der Waals surface area contributed by atoms with Gasteiger partial charge in [-0.15, -0.1) is 0 Å². The molecule has 2 aromatic rings. The molecule has 0 aliphatic carbocycles. The number of rotatable bonds is 5. The maximum atomic E-state index is 11.2. The number of hydrogen-bond acceptors (Lipinski definition) is 3. The van der Waals surface area contributed by atoms with Crippen molar-refractivity contribution in [2.24, 2.45) is 0 Å². The minimum Gasteiger partial charge on any atom is -0.378 e. The lowest BCUT2D eigenvalue weighted by molar-refractivity contribution is -0.121. The summed E-state index contributed by atoms with van der Waals surface area (Å²) < 4.78 is 1.56. The average Bonchev–Trinajstić information content (AvgIpc) is 2.83. The van der Waals surface area contributed by atoms with Gasteiger partial charge >= 0.3 is 0 Å². The number of benzene rings is 1. The number of hydrogen-bond donors (Lipinski definition) is 2. The van der Waals surface area contributed by atoms with Gasteiger partial charge in [-0.2, -0.15) is 5.10 Å². The highest BCUT2D eigenvalue weighted by atomic mass is 35.5. The minimum absolute atomic E-state index is 0.0960. The number of halogens is 2. The molecule has 0 saturated heterocycles. The Kier molecular flexibility index (Phi) is 4.87. The zero-order valence-corrected chi connectivity index (χ0v) is 12.4. The number of nitrogens with one attached hydrogen (secondary N) is 2. The monoisotopic (exact) mass is 312 g/mol. The molecule has 1 heterocycles. The summed E-state index contributed by atoms with van der Waals surface area (Å²) in [6.07, 6.45) is 3.43. The van der Waals surface area contributed by atoms with Crippen molar-refractivity contribution in [2.45, 2.75) is 13.1 Å². The molecule has 0 unspecified atom stereocenters. The van der Waals surface area contributed by atoms with Crippen LogP contribution in [0.2, 0.25) is 10.0 Å². The summed E-state index contributed by atoms with van der Waals surface area (Å²) in [5, 5.41) is 11.0. The van der Waals surface area contributed by atoms with Crippen LogP contribution in [0.4, 0.5) is 5.69 Å². The van der Waals surface area contributed by atoms with Crippen molar-refractivity contribution >= 4 is 34.8 Å². The first kappa shape index (κ1) is 14.7. The van der Waals surface area contributed by atoms with Gasteiger partial charge in [-0.1, -0.05) is 23.2 Å². The Balaban J connectivity index is 1.95. The highest BCUT2D eigenvalue weighted by Gasteiger charge is 2.03. The van der Waals surface area contributed by atoms with Gasteiger partial charge in [0.25, 0.3) is 0 Å². The number of anilines is 1. The van der Waals surface area contributed by atoms with Crippen LogP contribution in [0, 0.1) is 0 Å². The highest BCUT2D eigenvalue weighted by Crippen LogP contribution is 2.19. The fourth-order valence-corrected chi connectivity index (χ4v) is 2.26. The van der Waals surface area contributed by atoms with E-state index < -0.39 is 0 Å². The van der Waals surface area contributed by atoms with Crippen molar-refractivity contribution in [3.63, 3.8) is 0 Å². The van der Waals surface area contributed by atoms with Crippen LogP contribution in [-0.2, 0) is 17.9 Å². The molecule has 0 aliphatic heterocycles. The molecule has 1 amide bonds. The third-order valence-corrected chi connectivity index (χ3v) is 3.07. The van der Waals surface area contributed by atoms with Crippen molar-refractivity contribution in [2.75, 3.05) is 12.4 Å².